The van der Waals surface area contributed by atoms with Crippen LogP contribution in [0.25, 0.3) is 11.3 Å². The molecule has 2 aromatic heterocycles. The normalized spacial score (nSPS) is 12.4. The SMILES string of the molecule is CC(=O)c1cccc(NC(=O)c2oc3c(c2C)-c2[nH]ncc2CC3)c1. The molecule has 6 heteroatoms. The van der Waals surface area contributed by atoms with Crippen LogP contribution < -0.4 is 5.32 Å². The summed E-state index contributed by atoms with van der Waals surface area (Å²) < 4.78 is 5.85. The summed E-state index contributed by atoms with van der Waals surface area (Å²) in [4.78, 5) is 24.2. The Morgan fingerprint density at radius 3 is 2.92 bits per heavy atom. The van der Waals surface area contributed by atoms with Gasteiger partial charge in [0, 0.05) is 28.8 Å². The zero-order valence-electron chi connectivity index (χ0n) is 14.0. The molecule has 0 bridgehead atoms. The third-order valence-electron chi connectivity index (χ3n) is 4.54. The number of benzene rings is 1. The lowest BCUT2D eigenvalue weighted by molar-refractivity contribution is 0.0990. The number of H-pyrrole nitrogens is 1. The number of Topliss-reactive ketones (excluding diaryl/α,β-unsaturated/α-hetero) is 1. The quantitative estimate of drug-likeness (QED) is 0.717. The summed E-state index contributed by atoms with van der Waals surface area (Å²) in [6, 6.07) is 6.86. The molecule has 2 heterocycles. The second-order valence-electron chi connectivity index (χ2n) is 6.22. The molecule has 1 aliphatic carbocycles. The third-order valence-corrected chi connectivity index (χ3v) is 4.54. The molecular formula is C19H17N3O3. The van der Waals surface area contributed by atoms with E-state index in [1.54, 1.807) is 24.3 Å². The molecule has 0 saturated heterocycles. The van der Waals surface area contributed by atoms with Crippen LogP contribution in [-0.2, 0) is 12.8 Å². The number of aryl methyl sites for hydroxylation is 2. The topological polar surface area (TPSA) is 88.0 Å². The lowest BCUT2D eigenvalue weighted by Crippen LogP contribution is -2.12. The average Bonchev–Trinajstić information content (AvgIpc) is 3.19. The van der Waals surface area contributed by atoms with Gasteiger partial charge in [-0.1, -0.05) is 12.1 Å². The maximum Gasteiger partial charge on any atom is 0.291 e. The number of anilines is 1. The zero-order chi connectivity index (χ0) is 17.6. The molecule has 4 rings (SSSR count). The Labute approximate surface area is 144 Å². The summed E-state index contributed by atoms with van der Waals surface area (Å²) in [6.45, 7) is 3.37. The number of carbonyl (C=O) groups is 2. The van der Waals surface area contributed by atoms with Gasteiger partial charge in [-0.2, -0.15) is 5.10 Å². The summed E-state index contributed by atoms with van der Waals surface area (Å²) in [5.74, 6) is 0.721. The maximum absolute atomic E-state index is 12.7. The summed E-state index contributed by atoms with van der Waals surface area (Å²) in [5.41, 5.74) is 4.91. The minimum Gasteiger partial charge on any atom is -0.455 e. The molecule has 126 valence electrons. The first kappa shape index (κ1) is 15.4. The van der Waals surface area contributed by atoms with Gasteiger partial charge >= 0.3 is 0 Å². The molecule has 25 heavy (non-hydrogen) atoms. The van der Waals surface area contributed by atoms with Gasteiger partial charge in [-0.05, 0) is 38.0 Å². The second kappa shape index (κ2) is 5.73. The molecule has 0 spiro atoms. The first-order valence-electron chi connectivity index (χ1n) is 8.12. The van der Waals surface area contributed by atoms with Gasteiger partial charge in [0.1, 0.15) is 5.76 Å². The van der Waals surface area contributed by atoms with Crippen molar-refractivity contribution in [3.63, 3.8) is 0 Å². The molecule has 0 saturated carbocycles. The van der Waals surface area contributed by atoms with E-state index in [0.29, 0.717) is 17.0 Å². The number of furan rings is 1. The number of nitrogens with one attached hydrogen (secondary N) is 2. The minimum atomic E-state index is -0.325. The number of nitrogens with zero attached hydrogens (tertiary/aromatic N) is 1. The highest BCUT2D eigenvalue weighted by atomic mass is 16.4. The number of hydrogen-bond acceptors (Lipinski definition) is 4. The van der Waals surface area contributed by atoms with E-state index in [4.69, 9.17) is 4.42 Å². The van der Waals surface area contributed by atoms with Gasteiger partial charge in [0.25, 0.3) is 5.91 Å². The number of fused-ring (bicyclic) bond motifs is 3. The fraction of sp³-hybridized carbons (Fsp3) is 0.211. The molecule has 0 aliphatic heterocycles. The van der Waals surface area contributed by atoms with E-state index < -0.39 is 0 Å². The lowest BCUT2D eigenvalue weighted by Gasteiger charge is -2.09. The molecular weight excluding hydrogens is 318 g/mol. The van der Waals surface area contributed by atoms with Gasteiger partial charge in [-0.3, -0.25) is 14.7 Å². The Morgan fingerprint density at radius 1 is 1.28 bits per heavy atom. The maximum atomic E-state index is 12.7. The Balaban J connectivity index is 1.66. The highest BCUT2D eigenvalue weighted by Gasteiger charge is 2.28. The molecule has 3 aromatic rings. The summed E-state index contributed by atoms with van der Waals surface area (Å²) in [7, 11) is 0. The predicted octanol–water partition coefficient (Wildman–Crippen LogP) is 3.53. The molecule has 1 amide bonds. The zero-order valence-corrected chi connectivity index (χ0v) is 14.0. The van der Waals surface area contributed by atoms with Gasteiger partial charge in [0.2, 0.25) is 0 Å². The van der Waals surface area contributed by atoms with Crippen molar-refractivity contribution < 1.29 is 14.0 Å². The fourth-order valence-corrected chi connectivity index (χ4v) is 3.26. The Hall–Kier alpha value is -3.15. The Kier molecular flexibility index (Phi) is 3.53. The highest BCUT2D eigenvalue weighted by molar-refractivity contribution is 6.05. The van der Waals surface area contributed by atoms with Crippen LogP contribution in [0.3, 0.4) is 0 Å². The van der Waals surface area contributed by atoms with Gasteiger partial charge in [-0.25, -0.2) is 0 Å². The van der Waals surface area contributed by atoms with E-state index in [1.807, 2.05) is 13.1 Å². The number of rotatable bonds is 3. The molecule has 1 aromatic carbocycles. The summed E-state index contributed by atoms with van der Waals surface area (Å²) in [5, 5.41) is 9.90. The van der Waals surface area contributed by atoms with Crippen LogP contribution in [0.5, 0.6) is 0 Å². The number of aromatic amines is 1. The molecule has 2 N–H and O–H groups in total. The van der Waals surface area contributed by atoms with Gasteiger partial charge in [0.05, 0.1) is 11.9 Å². The summed E-state index contributed by atoms with van der Waals surface area (Å²) in [6.07, 6.45) is 3.40. The molecule has 0 radical (unpaired) electrons. The van der Waals surface area contributed by atoms with Crippen molar-refractivity contribution >= 4 is 17.4 Å². The van der Waals surface area contributed by atoms with E-state index >= 15 is 0 Å². The smallest absolute Gasteiger partial charge is 0.291 e. The largest absolute Gasteiger partial charge is 0.455 e. The Bertz CT molecular complexity index is 997. The molecule has 1 aliphatic rings. The van der Waals surface area contributed by atoms with Crippen LogP contribution in [0.1, 0.15) is 44.7 Å². The fourth-order valence-electron chi connectivity index (χ4n) is 3.26. The van der Waals surface area contributed by atoms with E-state index in [1.165, 1.54) is 6.92 Å². The van der Waals surface area contributed by atoms with Gasteiger partial charge in [-0.15, -0.1) is 0 Å². The standard InChI is InChI=1S/C19H17N3O3/c1-10-16-15(7-6-13-9-20-22-17(13)16)25-18(10)19(24)21-14-5-3-4-12(8-14)11(2)23/h3-5,8-9H,6-7H2,1-2H3,(H,20,22)(H,21,24). The van der Waals surface area contributed by atoms with Crippen LogP contribution in [0.4, 0.5) is 5.69 Å². The van der Waals surface area contributed by atoms with Crippen LogP contribution in [0.2, 0.25) is 0 Å². The Morgan fingerprint density at radius 2 is 2.12 bits per heavy atom. The van der Waals surface area contributed by atoms with E-state index in [0.717, 1.165) is 41.0 Å². The predicted molar refractivity (Wildman–Crippen MR) is 92.8 cm³/mol. The second-order valence-corrected chi connectivity index (χ2v) is 6.22. The molecule has 0 atom stereocenters. The molecule has 6 nitrogen and oxygen atoms in total. The van der Waals surface area contributed by atoms with Crippen LogP contribution in [0, 0.1) is 6.92 Å². The van der Waals surface area contributed by atoms with Gasteiger partial charge in [0.15, 0.2) is 11.5 Å². The lowest BCUT2D eigenvalue weighted by atomic mass is 9.93. The number of carbonyl (C=O) groups excluding carboxylic acids is 2. The first-order valence-corrected chi connectivity index (χ1v) is 8.12. The number of aromatic nitrogens is 2. The number of hydrogen-bond donors (Lipinski definition) is 2. The van der Waals surface area contributed by atoms with Crippen molar-refractivity contribution in [2.45, 2.75) is 26.7 Å². The van der Waals surface area contributed by atoms with Crippen molar-refractivity contribution in [3.8, 4) is 11.3 Å². The molecule has 0 unspecified atom stereocenters. The number of amides is 1. The van der Waals surface area contributed by atoms with E-state index in [9.17, 15) is 9.59 Å². The van der Waals surface area contributed by atoms with Crippen molar-refractivity contribution in [2.75, 3.05) is 5.32 Å². The van der Waals surface area contributed by atoms with E-state index in [-0.39, 0.29) is 11.7 Å². The third kappa shape index (κ3) is 2.55. The van der Waals surface area contributed by atoms with Crippen LogP contribution in [0.15, 0.2) is 34.9 Å². The van der Waals surface area contributed by atoms with E-state index in [2.05, 4.69) is 15.5 Å². The van der Waals surface area contributed by atoms with Crippen molar-refractivity contribution in [1.82, 2.24) is 10.2 Å². The first-order chi connectivity index (χ1) is 12.0. The van der Waals surface area contributed by atoms with Crippen molar-refractivity contribution in [3.05, 3.63) is 58.7 Å². The van der Waals surface area contributed by atoms with Crippen LogP contribution in [-0.4, -0.2) is 21.9 Å². The number of ketones is 1. The monoisotopic (exact) mass is 335 g/mol. The van der Waals surface area contributed by atoms with Crippen molar-refractivity contribution in [2.24, 2.45) is 0 Å². The van der Waals surface area contributed by atoms with Crippen LogP contribution >= 0.6 is 0 Å². The molecule has 0 fully saturated rings. The van der Waals surface area contributed by atoms with Gasteiger partial charge < -0.3 is 9.73 Å². The summed E-state index contributed by atoms with van der Waals surface area (Å²) >= 11 is 0. The minimum absolute atomic E-state index is 0.0486. The average molecular weight is 335 g/mol. The van der Waals surface area contributed by atoms with Crippen molar-refractivity contribution in [1.29, 1.82) is 0 Å². The highest BCUT2D eigenvalue weighted by Crippen LogP contribution is 2.37.